The van der Waals surface area contributed by atoms with E-state index in [0.29, 0.717) is 5.02 Å². The summed E-state index contributed by atoms with van der Waals surface area (Å²) in [4.78, 5) is 1.23. The van der Waals surface area contributed by atoms with Crippen molar-refractivity contribution in [2.24, 2.45) is 5.92 Å². The molecule has 1 saturated carbocycles. The van der Waals surface area contributed by atoms with Crippen molar-refractivity contribution in [1.82, 2.24) is 15.0 Å². The number of hydrogen-bond donors (Lipinski definition) is 0. The lowest BCUT2D eigenvalue weighted by Gasteiger charge is -2.07. The normalized spacial score (nSPS) is 14.6. The minimum absolute atomic E-state index is 0.692. The number of nitrogens with zero attached hydrogens (tertiary/aromatic N) is 3. The van der Waals surface area contributed by atoms with Crippen molar-refractivity contribution in [2.75, 3.05) is 6.26 Å². The predicted octanol–water partition coefficient (Wildman–Crippen LogP) is 4.88. The molecular weight excluding hydrogens is 314 g/mol. The fraction of sp³-hybridized carbons (Fsp3) is 0.294. The van der Waals surface area contributed by atoms with Gasteiger partial charge in [-0.2, -0.15) is 0 Å². The average Bonchev–Trinajstić information content (AvgIpc) is 3.27. The Labute approximate surface area is 138 Å². The maximum Gasteiger partial charge on any atom is 0.132 e. The minimum Gasteiger partial charge on any atom is -0.244 e. The first kappa shape index (κ1) is 14.1. The second kappa shape index (κ2) is 5.60. The highest BCUT2D eigenvalue weighted by molar-refractivity contribution is 7.98. The summed E-state index contributed by atoms with van der Waals surface area (Å²) in [5.74, 6) is 0.765. The molecule has 3 nitrogen and oxygen atoms in total. The fourth-order valence-electron chi connectivity index (χ4n) is 2.70. The van der Waals surface area contributed by atoms with Crippen LogP contribution in [0.15, 0.2) is 41.3 Å². The van der Waals surface area contributed by atoms with Crippen LogP contribution < -0.4 is 0 Å². The van der Waals surface area contributed by atoms with Gasteiger partial charge in [-0.3, -0.25) is 0 Å². The predicted molar refractivity (Wildman–Crippen MR) is 92.5 cm³/mol. The molecule has 22 heavy (non-hydrogen) atoms. The molecule has 0 spiro atoms. The molecule has 0 saturated heterocycles. The molecule has 4 rings (SSSR count). The van der Waals surface area contributed by atoms with Gasteiger partial charge in [0.2, 0.25) is 0 Å². The summed E-state index contributed by atoms with van der Waals surface area (Å²) in [5, 5.41) is 9.28. The van der Waals surface area contributed by atoms with Crippen LogP contribution in [0.3, 0.4) is 0 Å². The van der Waals surface area contributed by atoms with Crippen molar-refractivity contribution < 1.29 is 0 Å². The Kier molecular flexibility index (Phi) is 3.59. The highest BCUT2D eigenvalue weighted by Crippen LogP contribution is 2.36. The smallest absolute Gasteiger partial charge is 0.132 e. The zero-order chi connectivity index (χ0) is 15.1. The highest BCUT2D eigenvalue weighted by atomic mass is 35.5. The SMILES string of the molecule is CSc1cccc(-c2ccc3c(nnn3CC3CC3)c2Cl)c1. The first-order valence-corrected chi connectivity index (χ1v) is 9.02. The second-order valence-corrected chi connectivity index (χ2v) is 7.00. The molecule has 0 unspecified atom stereocenters. The van der Waals surface area contributed by atoms with Gasteiger partial charge in [0, 0.05) is 17.0 Å². The minimum atomic E-state index is 0.692. The topological polar surface area (TPSA) is 30.7 Å². The van der Waals surface area contributed by atoms with Crippen LogP contribution in [0.25, 0.3) is 22.2 Å². The zero-order valence-electron chi connectivity index (χ0n) is 12.3. The molecule has 0 aliphatic heterocycles. The van der Waals surface area contributed by atoms with Crippen molar-refractivity contribution in [3.63, 3.8) is 0 Å². The number of hydrogen-bond acceptors (Lipinski definition) is 3. The molecule has 1 fully saturated rings. The second-order valence-electron chi connectivity index (χ2n) is 5.74. The van der Waals surface area contributed by atoms with Crippen molar-refractivity contribution in [2.45, 2.75) is 24.3 Å². The number of aromatic nitrogens is 3. The largest absolute Gasteiger partial charge is 0.244 e. The molecule has 0 atom stereocenters. The Morgan fingerprint density at radius 2 is 2.14 bits per heavy atom. The van der Waals surface area contributed by atoms with Gasteiger partial charge in [0.05, 0.1) is 10.5 Å². The summed E-state index contributed by atoms with van der Waals surface area (Å²) in [6, 6.07) is 12.6. The van der Waals surface area contributed by atoms with E-state index in [2.05, 4.69) is 53.0 Å². The molecule has 1 heterocycles. The molecule has 3 aromatic rings. The van der Waals surface area contributed by atoms with Gasteiger partial charge in [-0.1, -0.05) is 35.0 Å². The van der Waals surface area contributed by atoms with E-state index in [0.717, 1.165) is 34.6 Å². The zero-order valence-corrected chi connectivity index (χ0v) is 13.9. The van der Waals surface area contributed by atoms with Gasteiger partial charge < -0.3 is 0 Å². The van der Waals surface area contributed by atoms with Crippen LogP contribution in [0.2, 0.25) is 5.02 Å². The standard InChI is InChI=1S/C17H16ClN3S/c1-22-13-4-2-3-12(9-13)14-7-8-15-17(16(14)18)19-20-21(15)10-11-5-6-11/h2-4,7-9,11H,5-6,10H2,1H3. The van der Waals surface area contributed by atoms with Crippen LogP contribution in [-0.4, -0.2) is 21.2 Å². The monoisotopic (exact) mass is 329 g/mol. The summed E-state index contributed by atoms with van der Waals surface area (Å²) in [5.41, 5.74) is 3.97. The molecule has 5 heteroatoms. The first-order valence-electron chi connectivity index (χ1n) is 7.42. The Morgan fingerprint density at radius 1 is 1.27 bits per heavy atom. The molecule has 1 aromatic heterocycles. The number of benzene rings is 2. The van der Waals surface area contributed by atoms with E-state index >= 15 is 0 Å². The van der Waals surface area contributed by atoms with Crippen molar-refractivity contribution >= 4 is 34.4 Å². The Hall–Kier alpha value is -1.52. The summed E-state index contributed by atoms with van der Waals surface area (Å²) in [7, 11) is 0. The average molecular weight is 330 g/mol. The van der Waals surface area contributed by atoms with Gasteiger partial charge in [-0.05, 0) is 48.8 Å². The van der Waals surface area contributed by atoms with Gasteiger partial charge in [0.1, 0.15) is 5.52 Å². The number of halogens is 1. The quantitative estimate of drug-likeness (QED) is 0.639. The van der Waals surface area contributed by atoms with E-state index in [4.69, 9.17) is 11.6 Å². The van der Waals surface area contributed by atoms with E-state index in [1.54, 1.807) is 11.8 Å². The van der Waals surface area contributed by atoms with Gasteiger partial charge in [0.15, 0.2) is 0 Å². The van der Waals surface area contributed by atoms with Crippen molar-refractivity contribution in [1.29, 1.82) is 0 Å². The van der Waals surface area contributed by atoms with E-state index in [1.165, 1.54) is 17.7 Å². The fourth-order valence-corrected chi connectivity index (χ4v) is 3.46. The molecule has 0 radical (unpaired) electrons. The number of fused-ring (bicyclic) bond motifs is 1. The van der Waals surface area contributed by atoms with Gasteiger partial charge in [0.25, 0.3) is 0 Å². The molecule has 1 aliphatic rings. The van der Waals surface area contributed by atoms with Gasteiger partial charge >= 0.3 is 0 Å². The van der Waals surface area contributed by atoms with E-state index in [-0.39, 0.29) is 0 Å². The van der Waals surface area contributed by atoms with Gasteiger partial charge in [-0.25, -0.2) is 4.68 Å². The molecule has 0 N–H and O–H groups in total. The van der Waals surface area contributed by atoms with Crippen LogP contribution in [0, 0.1) is 5.92 Å². The summed E-state index contributed by atoms with van der Waals surface area (Å²) in [6.07, 6.45) is 4.68. The lowest BCUT2D eigenvalue weighted by molar-refractivity contribution is 0.559. The lowest BCUT2D eigenvalue weighted by atomic mass is 10.0. The van der Waals surface area contributed by atoms with Crippen molar-refractivity contribution in [3.8, 4) is 11.1 Å². The molecule has 0 bridgehead atoms. The Balaban J connectivity index is 1.80. The van der Waals surface area contributed by atoms with Crippen molar-refractivity contribution in [3.05, 3.63) is 41.4 Å². The van der Waals surface area contributed by atoms with E-state index in [1.807, 2.05) is 4.68 Å². The summed E-state index contributed by atoms with van der Waals surface area (Å²) >= 11 is 8.34. The lowest BCUT2D eigenvalue weighted by Crippen LogP contribution is -2.01. The molecule has 2 aromatic carbocycles. The molecule has 112 valence electrons. The van der Waals surface area contributed by atoms with Crippen LogP contribution >= 0.6 is 23.4 Å². The third-order valence-corrected chi connectivity index (χ3v) is 5.24. The van der Waals surface area contributed by atoms with Crippen LogP contribution in [0.5, 0.6) is 0 Å². The Morgan fingerprint density at radius 3 is 2.91 bits per heavy atom. The van der Waals surface area contributed by atoms with E-state index < -0.39 is 0 Å². The third-order valence-electron chi connectivity index (χ3n) is 4.13. The first-order chi connectivity index (χ1) is 10.8. The van der Waals surface area contributed by atoms with E-state index in [9.17, 15) is 0 Å². The highest BCUT2D eigenvalue weighted by Gasteiger charge is 2.23. The van der Waals surface area contributed by atoms with Gasteiger partial charge in [-0.15, -0.1) is 16.9 Å². The number of rotatable bonds is 4. The summed E-state index contributed by atoms with van der Waals surface area (Å²) < 4.78 is 1.99. The third kappa shape index (κ3) is 2.50. The number of thioether (sulfide) groups is 1. The Bertz CT molecular complexity index is 839. The summed E-state index contributed by atoms with van der Waals surface area (Å²) in [6.45, 7) is 0.953. The molecular formula is C17H16ClN3S. The molecule has 0 amide bonds. The van der Waals surface area contributed by atoms with Crippen LogP contribution in [0.1, 0.15) is 12.8 Å². The van der Waals surface area contributed by atoms with Crippen LogP contribution in [-0.2, 0) is 6.54 Å². The molecule has 1 aliphatic carbocycles. The van der Waals surface area contributed by atoms with Crippen LogP contribution in [0.4, 0.5) is 0 Å². The maximum atomic E-state index is 6.61. The maximum absolute atomic E-state index is 6.61.